The first-order chi connectivity index (χ1) is 8.56. The molecule has 0 aromatic heterocycles. The normalized spacial score (nSPS) is 12.2. The summed E-state index contributed by atoms with van der Waals surface area (Å²) in [5.74, 6) is -0.511. The van der Waals surface area contributed by atoms with Crippen LogP contribution in [0.5, 0.6) is 5.75 Å². The summed E-state index contributed by atoms with van der Waals surface area (Å²) in [6.45, 7) is 1.88. The van der Waals surface area contributed by atoms with Crippen LogP contribution in [0, 0.1) is 5.82 Å². The van der Waals surface area contributed by atoms with Gasteiger partial charge in [-0.15, -0.1) is 0 Å². The van der Waals surface area contributed by atoms with E-state index >= 15 is 0 Å². The molecule has 4 heteroatoms. The third kappa shape index (κ3) is 2.93. The maximum absolute atomic E-state index is 12.9. The molecule has 18 heavy (non-hydrogen) atoms. The Bertz CT molecular complexity index is 559. The summed E-state index contributed by atoms with van der Waals surface area (Å²) in [4.78, 5) is 0. The average Bonchev–Trinajstić information content (AvgIpc) is 2.28. The highest BCUT2D eigenvalue weighted by molar-refractivity contribution is 6.30. The van der Waals surface area contributed by atoms with Crippen LogP contribution in [-0.2, 0) is 0 Å². The maximum atomic E-state index is 12.9. The first-order valence-electron chi connectivity index (χ1n) is 5.57. The van der Waals surface area contributed by atoms with Crippen LogP contribution in [0.15, 0.2) is 42.5 Å². The van der Waals surface area contributed by atoms with Crippen LogP contribution < -0.4 is 5.32 Å². The molecule has 0 aliphatic carbocycles. The van der Waals surface area contributed by atoms with E-state index in [0.717, 1.165) is 11.8 Å². The van der Waals surface area contributed by atoms with Gasteiger partial charge in [-0.05, 0) is 31.2 Å². The molecule has 0 heterocycles. The van der Waals surface area contributed by atoms with Gasteiger partial charge in [0.2, 0.25) is 0 Å². The van der Waals surface area contributed by atoms with E-state index in [2.05, 4.69) is 5.32 Å². The van der Waals surface area contributed by atoms with Crippen LogP contribution >= 0.6 is 11.6 Å². The summed E-state index contributed by atoms with van der Waals surface area (Å²) in [5, 5.41) is 13.5. The van der Waals surface area contributed by atoms with E-state index in [0.29, 0.717) is 10.6 Å². The lowest BCUT2D eigenvalue weighted by atomic mass is 10.1. The molecule has 0 spiro atoms. The maximum Gasteiger partial charge on any atom is 0.126 e. The Morgan fingerprint density at radius 1 is 1.22 bits per heavy atom. The van der Waals surface area contributed by atoms with Crippen LogP contribution in [0.2, 0.25) is 5.02 Å². The van der Waals surface area contributed by atoms with Crippen molar-refractivity contribution in [1.82, 2.24) is 0 Å². The third-order valence-corrected chi connectivity index (χ3v) is 2.90. The number of phenolic OH excluding ortho intramolecular Hbond substituents is 1. The van der Waals surface area contributed by atoms with Crippen molar-refractivity contribution in [2.75, 3.05) is 5.32 Å². The van der Waals surface area contributed by atoms with E-state index in [1.165, 1.54) is 6.07 Å². The van der Waals surface area contributed by atoms with Crippen molar-refractivity contribution in [3.63, 3.8) is 0 Å². The van der Waals surface area contributed by atoms with Crippen molar-refractivity contribution in [2.24, 2.45) is 0 Å². The Hall–Kier alpha value is -1.74. The predicted molar refractivity (Wildman–Crippen MR) is 71.6 cm³/mol. The minimum Gasteiger partial charge on any atom is -0.507 e. The van der Waals surface area contributed by atoms with E-state index in [9.17, 15) is 9.50 Å². The summed E-state index contributed by atoms with van der Waals surface area (Å²) >= 11 is 5.89. The number of aromatic hydroxyl groups is 1. The fourth-order valence-corrected chi connectivity index (χ4v) is 1.98. The summed E-state index contributed by atoms with van der Waals surface area (Å²) in [5.41, 5.74) is 1.48. The third-order valence-electron chi connectivity index (χ3n) is 2.67. The second-order valence-corrected chi connectivity index (χ2v) is 4.52. The molecule has 94 valence electrons. The molecular weight excluding hydrogens is 253 g/mol. The molecule has 0 saturated heterocycles. The lowest BCUT2D eigenvalue weighted by Crippen LogP contribution is -2.06. The molecule has 0 aliphatic heterocycles. The van der Waals surface area contributed by atoms with Gasteiger partial charge in [0.15, 0.2) is 0 Å². The van der Waals surface area contributed by atoms with Crippen molar-refractivity contribution < 1.29 is 9.50 Å². The minimum atomic E-state index is -0.453. The largest absolute Gasteiger partial charge is 0.507 e. The van der Waals surface area contributed by atoms with E-state index in [1.807, 2.05) is 19.1 Å². The monoisotopic (exact) mass is 265 g/mol. The van der Waals surface area contributed by atoms with E-state index in [-0.39, 0.29) is 11.8 Å². The Morgan fingerprint density at radius 2 is 2.00 bits per heavy atom. The standard InChI is InChI=1S/C14H13ClFNO/c1-9(13-6-5-11(16)8-14(13)18)17-12-4-2-3-10(15)7-12/h2-9,17-18H,1H3. The summed E-state index contributed by atoms with van der Waals surface area (Å²) in [7, 11) is 0. The number of rotatable bonds is 3. The molecular formula is C14H13ClFNO. The molecule has 0 aliphatic rings. The SMILES string of the molecule is CC(Nc1cccc(Cl)c1)c1ccc(F)cc1O. The van der Waals surface area contributed by atoms with Crippen molar-refractivity contribution in [2.45, 2.75) is 13.0 Å². The number of halogens is 2. The number of hydrogen-bond acceptors (Lipinski definition) is 2. The molecule has 2 aromatic carbocycles. The Balaban J connectivity index is 2.19. The fourth-order valence-electron chi connectivity index (χ4n) is 1.79. The fraction of sp³-hybridized carbons (Fsp3) is 0.143. The number of benzene rings is 2. The van der Waals surface area contributed by atoms with E-state index in [4.69, 9.17) is 11.6 Å². The molecule has 0 fully saturated rings. The van der Waals surface area contributed by atoms with Gasteiger partial charge >= 0.3 is 0 Å². The summed E-state index contributed by atoms with van der Waals surface area (Å²) < 4.78 is 12.9. The molecule has 2 rings (SSSR count). The first-order valence-corrected chi connectivity index (χ1v) is 5.94. The van der Waals surface area contributed by atoms with Gasteiger partial charge in [-0.2, -0.15) is 0 Å². The van der Waals surface area contributed by atoms with Gasteiger partial charge in [0.05, 0.1) is 6.04 Å². The number of hydrogen-bond donors (Lipinski definition) is 2. The van der Waals surface area contributed by atoms with Crippen LogP contribution in [0.25, 0.3) is 0 Å². The van der Waals surface area contributed by atoms with Gasteiger partial charge in [-0.3, -0.25) is 0 Å². The highest BCUT2D eigenvalue weighted by atomic mass is 35.5. The van der Waals surface area contributed by atoms with E-state index in [1.54, 1.807) is 18.2 Å². The highest BCUT2D eigenvalue weighted by Crippen LogP contribution is 2.28. The number of nitrogens with one attached hydrogen (secondary N) is 1. The zero-order chi connectivity index (χ0) is 13.1. The number of anilines is 1. The molecule has 0 amide bonds. The van der Waals surface area contributed by atoms with Gasteiger partial charge in [-0.25, -0.2) is 4.39 Å². The van der Waals surface area contributed by atoms with Crippen molar-refractivity contribution >= 4 is 17.3 Å². The van der Waals surface area contributed by atoms with Crippen molar-refractivity contribution in [3.05, 3.63) is 58.9 Å². The Labute approximate surface area is 110 Å². The Morgan fingerprint density at radius 3 is 2.67 bits per heavy atom. The quantitative estimate of drug-likeness (QED) is 0.864. The summed E-state index contributed by atoms with van der Waals surface area (Å²) in [6, 6.07) is 11.1. The highest BCUT2D eigenvalue weighted by Gasteiger charge is 2.11. The molecule has 2 aromatic rings. The predicted octanol–water partition coefficient (Wildman–Crippen LogP) is 4.36. The number of phenols is 1. The lowest BCUT2D eigenvalue weighted by Gasteiger charge is -2.17. The van der Waals surface area contributed by atoms with Gasteiger partial charge in [0.25, 0.3) is 0 Å². The minimum absolute atomic E-state index is 0.0583. The second-order valence-electron chi connectivity index (χ2n) is 4.08. The molecule has 0 radical (unpaired) electrons. The van der Waals surface area contributed by atoms with Crippen LogP contribution in [0.4, 0.5) is 10.1 Å². The van der Waals surface area contributed by atoms with Crippen LogP contribution in [-0.4, -0.2) is 5.11 Å². The van der Waals surface area contributed by atoms with Crippen molar-refractivity contribution in [1.29, 1.82) is 0 Å². The molecule has 0 saturated carbocycles. The second kappa shape index (κ2) is 5.27. The Kier molecular flexibility index (Phi) is 3.72. The molecule has 2 nitrogen and oxygen atoms in total. The van der Waals surface area contributed by atoms with Gasteiger partial charge in [0, 0.05) is 22.3 Å². The summed E-state index contributed by atoms with van der Waals surface area (Å²) in [6.07, 6.45) is 0. The van der Waals surface area contributed by atoms with Crippen LogP contribution in [0.1, 0.15) is 18.5 Å². The van der Waals surface area contributed by atoms with Crippen LogP contribution in [0.3, 0.4) is 0 Å². The van der Waals surface area contributed by atoms with Gasteiger partial charge in [-0.1, -0.05) is 23.7 Å². The first kappa shape index (κ1) is 12.7. The topological polar surface area (TPSA) is 32.3 Å². The van der Waals surface area contributed by atoms with Gasteiger partial charge < -0.3 is 10.4 Å². The smallest absolute Gasteiger partial charge is 0.126 e. The average molecular weight is 266 g/mol. The zero-order valence-electron chi connectivity index (χ0n) is 9.82. The molecule has 2 N–H and O–H groups in total. The molecule has 1 unspecified atom stereocenters. The van der Waals surface area contributed by atoms with Gasteiger partial charge in [0.1, 0.15) is 11.6 Å². The zero-order valence-corrected chi connectivity index (χ0v) is 10.6. The lowest BCUT2D eigenvalue weighted by molar-refractivity contribution is 0.459. The molecule has 0 bridgehead atoms. The molecule has 1 atom stereocenters. The van der Waals surface area contributed by atoms with E-state index < -0.39 is 5.82 Å². The van der Waals surface area contributed by atoms with Crippen molar-refractivity contribution in [3.8, 4) is 5.75 Å².